The van der Waals surface area contributed by atoms with E-state index < -0.39 is 0 Å². The summed E-state index contributed by atoms with van der Waals surface area (Å²) < 4.78 is 0. The van der Waals surface area contributed by atoms with Gasteiger partial charge in [0.25, 0.3) is 5.91 Å². The normalized spacial score (nSPS) is 9.29. The summed E-state index contributed by atoms with van der Waals surface area (Å²) in [4.78, 5) is 11.5. The molecule has 1 aromatic carbocycles. The summed E-state index contributed by atoms with van der Waals surface area (Å²) in [5.74, 6) is -0.190. The van der Waals surface area contributed by atoms with Crippen LogP contribution in [0.4, 0.5) is 0 Å². The van der Waals surface area contributed by atoms with Crippen molar-refractivity contribution in [1.82, 2.24) is 10.6 Å². The zero-order valence-electron chi connectivity index (χ0n) is 8.13. The summed E-state index contributed by atoms with van der Waals surface area (Å²) in [7, 11) is 1.66. The Kier molecular flexibility index (Phi) is 3.59. The highest BCUT2D eigenvalue weighted by atomic mass is 32.1. The molecule has 1 amide bonds. The molecule has 0 bridgehead atoms. The lowest BCUT2D eigenvalue weighted by atomic mass is 10.1. The summed E-state index contributed by atoms with van der Waals surface area (Å²) in [6, 6.07) is 7.31. The number of thiocarbonyl (C=S) groups is 1. The standard InChI is InChI=1S/C10H12N2OS/c1-7-3-5-8(6-4-7)9(13)12-10(14)11-2/h3-6H,1-2H3,(H2,11,12,13,14). The molecule has 0 aromatic heterocycles. The van der Waals surface area contributed by atoms with Crippen molar-refractivity contribution in [1.29, 1.82) is 0 Å². The van der Waals surface area contributed by atoms with Crippen molar-refractivity contribution < 1.29 is 4.79 Å². The van der Waals surface area contributed by atoms with Gasteiger partial charge in [0.15, 0.2) is 5.11 Å². The van der Waals surface area contributed by atoms with Gasteiger partial charge >= 0.3 is 0 Å². The van der Waals surface area contributed by atoms with Crippen molar-refractivity contribution in [3.8, 4) is 0 Å². The molecule has 0 aliphatic heterocycles. The van der Waals surface area contributed by atoms with Crippen LogP contribution in [0, 0.1) is 6.92 Å². The highest BCUT2D eigenvalue weighted by molar-refractivity contribution is 7.80. The Morgan fingerprint density at radius 3 is 2.36 bits per heavy atom. The fraction of sp³-hybridized carbons (Fsp3) is 0.200. The smallest absolute Gasteiger partial charge is 0.257 e. The first-order valence-corrected chi connectivity index (χ1v) is 4.64. The Morgan fingerprint density at radius 2 is 1.86 bits per heavy atom. The van der Waals surface area contributed by atoms with Crippen LogP contribution in [0.3, 0.4) is 0 Å². The zero-order chi connectivity index (χ0) is 10.6. The van der Waals surface area contributed by atoms with Crippen LogP contribution in [-0.2, 0) is 0 Å². The van der Waals surface area contributed by atoms with Crippen LogP contribution in [0.1, 0.15) is 15.9 Å². The second-order valence-electron chi connectivity index (χ2n) is 2.90. The largest absolute Gasteiger partial charge is 0.365 e. The average Bonchev–Trinajstić information content (AvgIpc) is 2.18. The number of carbonyl (C=O) groups excluding carboxylic acids is 1. The molecule has 0 saturated heterocycles. The number of nitrogens with one attached hydrogen (secondary N) is 2. The lowest BCUT2D eigenvalue weighted by Crippen LogP contribution is -2.37. The average molecular weight is 208 g/mol. The fourth-order valence-corrected chi connectivity index (χ4v) is 1.04. The number of benzene rings is 1. The maximum atomic E-state index is 11.5. The third-order valence-electron chi connectivity index (χ3n) is 1.77. The predicted molar refractivity (Wildman–Crippen MR) is 60.3 cm³/mol. The van der Waals surface area contributed by atoms with Crippen LogP contribution in [0.15, 0.2) is 24.3 Å². The molecule has 1 rings (SSSR count). The second kappa shape index (κ2) is 4.72. The van der Waals surface area contributed by atoms with Crippen LogP contribution < -0.4 is 10.6 Å². The minimum atomic E-state index is -0.190. The topological polar surface area (TPSA) is 41.1 Å². The van der Waals surface area contributed by atoms with Crippen molar-refractivity contribution in [2.45, 2.75) is 6.92 Å². The Labute approximate surface area is 88.5 Å². The van der Waals surface area contributed by atoms with E-state index in [2.05, 4.69) is 10.6 Å². The molecule has 14 heavy (non-hydrogen) atoms. The first kappa shape index (κ1) is 10.7. The van der Waals surface area contributed by atoms with Gasteiger partial charge in [0.1, 0.15) is 0 Å². The zero-order valence-corrected chi connectivity index (χ0v) is 8.94. The first-order valence-electron chi connectivity index (χ1n) is 4.23. The van der Waals surface area contributed by atoms with Crippen molar-refractivity contribution in [3.63, 3.8) is 0 Å². The van der Waals surface area contributed by atoms with Crippen LogP contribution in [0.2, 0.25) is 0 Å². The Hall–Kier alpha value is -1.42. The van der Waals surface area contributed by atoms with Crippen LogP contribution in [-0.4, -0.2) is 18.1 Å². The van der Waals surface area contributed by atoms with Gasteiger partial charge in [-0.15, -0.1) is 0 Å². The minimum Gasteiger partial charge on any atom is -0.365 e. The Morgan fingerprint density at radius 1 is 1.29 bits per heavy atom. The summed E-state index contributed by atoms with van der Waals surface area (Å²) in [5, 5.41) is 5.55. The van der Waals surface area contributed by atoms with Gasteiger partial charge in [-0.3, -0.25) is 10.1 Å². The highest BCUT2D eigenvalue weighted by Crippen LogP contribution is 2.02. The molecule has 1 aromatic rings. The molecule has 3 nitrogen and oxygen atoms in total. The molecular weight excluding hydrogens is 196 g/mol. The summed E-state index contributed by atoms with van der Waals surface area (Å²) in [6.07, 6.45) is 0. The number of carbonyl (C=O) groups is 1. The maximum absolute atomic E-state index is 11.5. The number of hydrogen-bond donors (Lipinski definition) is 2. The van der Waals surface area contributed by atoms with Crippen molar-refractivity contribution >= 4 is 23.2 Å². The van der Waals surface area contributed by atoms with Gasteiger partial charge in [0.2, 0.25) is 0 Å². The lowest BCUT2D eigenvalue weighted by Gasteiger charge is -2.05. The quantitative estimate of drug-likeness (QED) is 0.682. The molecule has 2 N–H and O–H groups in total. The van der Waals surface area contributed by atoms with E-state index in [0.717, 1.165) is 5.56 Å². The lowest BCUT2D eigenvalue weighted by molar-refractivity contribution is 0.0977. The van der Waals surface area contributed by atoms with Gasteiger partial charge in [0, 0.05) is 12.6 Å². The fourth-order valence-electron chi connectivity index (χ4n) is 0.943. The molecule has 4 heteroatoms. The molecule has 0 aliphatic rings. The predicted octanol–water partition coefficient (Wildman–Crippen LogP) is 1.23. The number of aryl methyl sites for hydroxylation is 1. The molecule has 0 atom stereocenters. The molecule has 0 heterocycles. The van der Waals surface area contributed by atoms with Gasteiger partial charge < -0.3 is 5.32 Å². The van der Waals surface area contributed by atoms with Gasteiger partial charge in [-0.2, -0.15) is 0 Å². The van der Waals surface area contributed by atoms with E-state index in [4.69, 9.17) is 12.2 Å². The number of amides is 1. The Bertz CT molecular complexity index is 346. The molecular formula is C10H12N2OS. The third-order valence-corrected chi connectivity index (χ3v) is 2.07. The van der Waals surface area contributed by atoms with Gasteiger partial charge in [-0.25, -0.2) is 0 Å². The Balaban J connectivity index is 2.70. The summed E-state index contributed by atoms with van der Waals surface area (Å²) in [5.41, 5.74) is 1.73. The molecule has 0 unspecified atom stereocenters. The van der Waals surface area contributed by atoms with E-state index in [1.165, 1.54) is 0 Å². The SMILES string of the molecule is CNC(=S)NC(=O)c1ccc(C)cc1. The van der Waals surface area contributed by atoms with Crippen LogP contribution in [0.25, 0.3) is 0 Å². The molecule has 0 saturated carbocycles. The van der Waals surface area contributed by atoms with Gasteiger partial charge in [0.05, 0.1) is 0 Å². The van der Waals surface area contributed by atoms with Crippen molar-refractivity contribution in [2.24, 2.45) is 0 Å². The molecule has 0 spiro atoms. The number of rotatable bonds is 1. The van der Waals surface area contributed by atoms with Gasteiger partial charge in [-0.1, -0.05) is 17.7 Å². The van der Waals surface area contributed by atoms with E-state index in [9.17, 15) is 4.79 Å². The van der Waals surface area contributed by atoms with Crippen molar-refractivity contribution in [3.05, 3.63) is 35.4 Å². The van der Waals surface area contributed by atoms with Crippen molar-refractivity contribution in [2.75, 3.05) is 7.05 Å². The maximum Gasteiger partial charge on any atom is 0.257 e. The molecule has 74 valence electrons. The summed E-state index contributed by atoms with van der Waals surface area (Å²) in [6.45, 7) is 1.97. The van der Waals surface area contributed by atoms with Crippen LogP contribution >= 0.6 is 12.2 Å². The van der Waals surface area contributed by atoms with E-state index in [1.54, 1.807) is 19.2 Å². The highest BCUT2D eigenvalue weighted by Gasteiger charge is 2.05. The van der Waals surface area contributed by atoms with E-state index >= 15 is 0 Å². The first-order chi connectivity index (χ1) is 6.63. The van der Waals surface area contributed by atoms with E-state index in [1.807, 2.05) is 19.1 Å². The third kappa shape index (κ3) is 2.81. The minimum absolute atomic E-state index is 0.190. The molecule has 0 fully saturated rings. The molecule has 0 radical (unpaired) electrons. The van der Waals surface area contributed by atoms with E-state index in [0.29, 0.717) is 10.7 Å². The van der Waals surface area contributed by atoms with Crippen LogP contribution in [0.5, 0.6) is 0 Å². The van der Waals surface area contributed by atoms with E-state index in [-0.39, 0.29) is 5.91 Å². The monoisotopic (exact) mass is 208 g/mol. The molecule has 0 aliphatic carbocycles. The summed E-state index contributed by atoms with van der Waals surface area (Å²) >= 11 is 4.81. The van der Waals surface area contributed by atoms with Gasteiger partial charge in [-0.05, 0) is 31.3 Å². The number of hydrogen-bond acceptors (Lipinski definition) is 2. The second-order valence-corrected chi connectivity index (χ2v) is 3.31.